The van der Waals surface area contributed by atoms with E-state index in [1.54, 1.807) is 13.3 Å². The van der Waals surface area contributed by atoms with Crippen molar-refractivity contribution < 1.29 is 4.74 Å². The van der Waals surface area contributed by atoms with E-state index in [0.717, 1.165) is 43.0 Å². The molecule has 0 aromatic carbocycles. The number of imidazole rings is 1. The summed E-state index contributed by atoms with van der Waals surface area (Å²) in [6.07, 6.45) is 3.51. The van der Waals surface area contributed by atoms with E-state index in [2.05, 4.69) is 14.5 Å². The average molecular weight is 254 g/mol. The van der Waals surface area contributed by atoms with Crippen LogP contribution in [0.1, 0.15) is 12.2 Å². The normalized spacial score (nSPS) is 11.2. The summed E-state index contributed by atoms with van der Waals surface area (Å²) in [6, 6.07) is 3.88. The molecule has 2 aromatic rings. The number of alkyl halides is 1. The lowest BCUT2D eigenvalue weighted by molar-refractivity contribution is 0.190. The van der Waals surface area contributed by atoms with Gasteiger partial charge < -0.3 is 9.30 Å². The molecule has 2 rings (SSSR count). The minimum atomic E-state index is 0.577. The van der Waals surface area contributed by atoms with Gasteiger partial charge in [0.1, 0.15) is 11.3 Å². The van der Waals surface area contributed by atoms with Gasteiger partial charge in [0.2, 0.25) is 0 Å². The third-order valence-electron chi connectivity index (χ3n) is 2.63. The number of hydrogen-bond donors (Lipinski definition) is 0. The van der Waals surface area contributed by atoms with Gasteiger partial charge in [-0.3, -0.25) is 0 Å². The summed E-state index contributed by atoms with van der Waals surface area (Å²) < 4.78 is 7.21. The molecule has 0 saturated heterocycles. The van der Waals surface area contributed by atoms with Crippen molar-refractivity contribution in [2.75, 3.05) is 19.6 Å². The first-order valence-corrected chi connectivity index (χ1v) is 6.25. The number of rotatable bonds is 6. The van der Waals surface area contributed by atoms with E-state index in [9.17, 15) is 0 Å². The number of aromatic nitrogens is 3. The minimum Gasteiger partial charge on any atom is -0.385 e. The first kappa shape index (κ1) is 12.3. The van der Waals surface area contributed by atoms with Gasteiger partial charge in [-0.05, 0) is 18.6 Å². The van der Waals surface area contributed by atoms with Crippen LogP contribution in [0, 0.1) is 0 Å². The lowest BCUT2D eigenvalue weighted by Gasteiger charge is -2.07. The molecule has 2 aromatic heterocycles. The first-order valence-electron chi connectivity index (χ1n) is 5.72. The molecule has 0 saturated carbocycles. The number of pyridine rings is 1. The summed E-state index contributed by atoms with van der Waals surface area (Å²) in [5.41, 5.74) is 1.87. The molecule has 17 heavy (non-hydrogen) atoms. The number of fused-ring (bicyclic) bond motifs is 1. The van der Waals surface area contributed by atoms with Crippen LogP contribution in [0.4, 0.5) is 0 Å². The molecule has 0 radical (unpaired) electrons. The Hall–Kier alpha value is -1.13. The van der Waals surface area contributed by atoms with Gasteiger partial charge in [-0.15, -0.1) is 11.6 Å². The Morgan fingerprint density at radius 2 is 2.35 bits per heavy atom. The van der Waals surface area contributed by atoms with Crippen LogP contribution in [0.3, 0.4) is 0 Å². The largest absolute Gasteiger partial charge is 0.385 e. The molecule has 0 atom stereocenters. The molecule has 0 fully saturated rings. The highest BCUT2D eigenvalue weighted by molar-refractivity contribution is 6.17. The lowest BCUT2D eigenvalue weighted by Crippen LogP contribution is -2.07. The molecular weight excluding hydrogens is 238 g/mol. The van der Waals surface area contributed by atoms with Crippen LogP contribution in [0.5, 0.6) is 0 Å². The van der Waals surface area contributed by atoms with Crippen molar-refractivity contribution in [1.82, 2.24) is 14.5 Å². The van der Waals surface area contributed by atoms with Gasteiger partial charge in [0, 0.05) is 38.8 Å². The smallest absolute Gasteiger partial charge is 0.159 e. The molecule has 5 heteroatoms. The topological polar surface area (TPSA) is 39.9 Å². The highest BCUT2D eigenvalue weighted by atomic mass is 35.5. The van der Waals surface area contributed by atoms with Crippen LogP contribution in [0.25, 0.3) is 11.2 Å². The predicted octanol–water partition coefficient (Wildman–Crippen LogP) is 2.25. The quantitative estimate of drug-likeness (QED) is 0.586. The molecule has 0 bridgehead atoms. The maximum Gasteiger partial charge on any atom is 0.159 e. The predicted molar refractivity (Wildman–Crippen MR) is 68.4 cm³/mol. The molecule has 0 unspecified atom stereocenters. The molecular formula is C12H16ClN3O. The zero-order valence-corrected chi connectivity index (χ0v) is 10.7. The van der Waals surface area contributed by atoms with Crippen LogP contribution in [-0.2, 0) is 17.7 Å². The van der Waals surface area contributed by atoms with Crippen LogP contribution >= 0.6 is 11.6 Å². The Balaban J connectivity index is 2.30. The Bertz CT molecular complexity index is 484. The fourth-order valence-electron chi connectivity index (χ4n) is 1.88. The van der Waals surface area contributed by atoms with Crippen molar-refractivity contribution in [2.45, 2.75) is 19.4 Å². The van der Waals surface area contributed by atoms with Crippen molar-refractivity contribution >= 4 is 22.8 Å². The van der Waals surface area contributed by atoms with Gasteiger partial charge in [0.15, 0.2) is 5.65 Å². The molecule has 0 N–H and O–H groups in total. The van der Waals surface area contributed by atoms with Crippen molar-refractivity contribution in [1.29, 1.82) is 0 Å². The van der Waals surface area contributed by atoms with Crippen molar-refractivity contribution in [3.05, 3.63) is 24.2 Å². The SMILES string of the molecule is COCCCn1c(CCCl)nc2cccnc21. The van der Waals surface area contributed by atoms with Gasteiger partial charge >= 0.3 is 0 Å². The molecule has 4 nitrogen and oxygen atoms in total. The second-order valence-electron chi connectivity index (χ2n) is 3.81. The summed E-state index contributed by atoms with van der Waals surface area (Å²) in [5.74, 6) is 1.58. The monoisotopic (exact) mass is 253 g/mol. The summed E-state index contributed by atoms with van der Waals surface area (Å²) >= 11 is 5.80. The standard InChI is InChI=1S/C12H16ClN3O/c1-17-9-3-8-16-11(5-6-13)15-10-4-2-7-14-12(10)16/h2,4,7H,3,5-6,8-9H2,1H3. The van der Waals surface area contributed by atoms with Gasteiger partial charge in [0.05, 0.1) is 0 Å². The van der Waals surface area contributed by atoms with Crippen molar-refractivity contribution in [3.63, 3.8) is 0 Å². The lowest BCUT2D eigenvalue weighted by atomic mass is 10.4. The van der Waals surface area contributed by atoms with Gasteiger partial charge in [0.25, 0.3) is 0 Å². The van der Waals surface area contributed by atoms with E-state index in [1.807, 2.05) is 12.1 Å². The van der Waals surface area contributed by atoms with E-state index >= 15 is 0 Å². The number of methoxy groups -OCH3 is 1. The fourth-order valence-corrected chi connectivity index (χ4v) is 2.05. The molecule has 0 aliphatic heterocycles. The van der Waals surface area contributed by atoms with E-state index in [1.165, 1.54) is 0 Å². The van der Waals surface area contributed by atoms with Crippen LogP contribution in [-0.4, -0.2) is 34.1 Å². The third kappa shape index (κ3) is 2.76. The van der Waals surface area contributed by atoms with Gasteiger partial charge in [-0.25, -0.2) is 9.97 Å². The second-order valence-corrected chi connectivity index (χ2v) is 4.19. The molecule has 0 aliphatic rings. The van der Waals surface area contributed by atoms with Crippen LogP contribution < -0.4 is 0 Å². The van der Waals surface area contributed by atoms with Crippen molar-refractivity contribution in [3.8, 4) is 0 Å². The Labute approximate surface area is 106 Å². The molecule has 0 amide bonds. The van der Waals surface area contributed by atoms with Gasteiger partial charge in [-0.1, -0.05) is 0 Å². The summed E-state index contributed by atoms with van der Waals surface area (Å²) in [4.78, 5) is 8.94. The van der Waals surface area contributed by atoms with E-state index in [-0.39, 0.29) is 0 Å². The van der Waals surface area contributed by atoms with E-state index in [4.69, 9.17) is 16.3 Å². The van der Waals surface area contributed by atoms with Crippen LogP contribution in [0.15, 0.2) is 18.3 Å². The highest BCUT2D eigenvalue weighted by Gasteiger charge is 2.10. The number of halogens is 1. The van der Waals surface area contributed by atoms with E-state index < -0.39 is 0 Å². The number of hydrogen-bond acceptors (Lipinski definition) is 3. The van der Waals surface area contributed by atoms with Crippen molar-refractivity contribution in [2.24, 2.45) is 0 Å². The molecule has 0 spiro atoms. The first-order chi connectivity index (χ1) is 8.36. The molecule has 2 heterocycles. The zero-order valence-electron chi connectivity index (χ0n) is 9.90. The summed E-state index contributed by atoms with van der Waals surface area (Å²) in [5, 5.41) is 0. The molecule has 92 valence electrons. The minimum absolute atomic E-state index is 0.577. The average Bonchev–Trinajstić information content (AvgIpc) is 2.69. The number of ether oxygens (including phenoxy) is 1. The second kappa shape index (κ2) is 5.98. The Morgan fingerprint density at radius 1 is 1.47 bits per heavy atom. The van der Waals surface area contributed by atoms with Gasteiger partial charge in [-0.2, -0.15) is 0 Å². The number of aryl methyl sites for hydroxylation is 2. The fraction of sp³-hybridized carbons (Fsp3) is 0.500. The Morgan fingerprint density at radius 3 is 3.12 bits per heavy atom. The van der Waals surface area contributed by atoms with Crippen LogP contribution in [0.2, 0.25) is 0 Å². The maximum absolute atomic E-state index is 5.80. The summed E-state index contributed by atoms with van der Waals surface area (Å²) in [6.45, 7) is 1.61. The third-order valence-corrected chi connectivity index (χ3v) is 2.82. The molecule has 0 aliphatic carbocycles. The van der Waals surface area contributed by atoms with E-state index in [0.29, 0.717) is 5.88 Å². The number of nitrogens with zero attached hydrogens (tertiary/aromatic N) is 3. The maximum atomic E-state index is 5.80. The Kier molecular flexibility index (Phi) is 4.34. The zero-order chi connectivity index (χ0) is 12.1. The highest BCUT2D eigenvalue weighted by Crippen LogP contribution is 2.15. The summed E-state index contributed by atoms with van der Waals surface area (Å²) in [7, 11) is 1.71.